The van der Waals surface area contributed by atoms with Gasteiger partial charge in [-0.3, -0.25) is 4.79 Å². The highest BCUT2D eigenvalue weighted by atomic mass is 16.1. The first-order valence-corrected chi connectivity index (χ1v) is 4.94. The Morgan fingerprint density at radius 1 is 1.40 bits per heavy atom. The minimum atomic E-state index is 0.0865. The quantitative estimate of drug-likeness (QED) is 0.681. The summed E-state index contributed by atoms with van der Waals surface area (Å²) in [6, 6.07) is 9.33. The van der Waals surface area contributed by atoms with Gasteiger partial charge in [-0.15, -0.1) is 6.58 Å². The summed E-state index contributed by atoms with van der Waals surface area (Å²) in [5.74, 6) is 0. The van der Waals surface area contributed by atoms with Crippen LogP contribution in [0, 0.1) is 6.92 Å². The molecule has 0 bridgehead atoms. The molecule has 76 valence electrons. The molecule has 0 radical (unpaired) electrons. The number of aromatic nitrogens is 1. The lowest BCUT2D eigenvalue weighted by atomic mass is 10.2. The Hall–Kier alpha value is -1.83. The molecule has 1 aromatic heterocycles. The molecule has 1 aromatic carbocycles. The van der Waals surface area contributed by atoms with Crippen molar-refractivity contribution in [1.82, 2.24) is 4.57 Å². The Morgan fingerprint density at radius 2 is 2.13 bits per heavy atom. The number of fused-ring (bicyclic) bond motifs is 1. The van der Waals surface area contributed by atoms with Crippen LogP contribution in [0.2, 0.25) is 0 Å². The molecule has 15 heavy (non-hydrogen) atoms. The van der Waals surface area contributed by atoms with E-state index in [-0.39, 0.29) is 5.43 Å². The summed E-state index contributed by atoms with van der Waals surface area (Å²) in [5.41, 5.74) is 2.03. The predicted octanol–water partition coefficient (Wildman–Crippen LogP) is 2.50. The standard InChI is InChI=1S/C13H13NO/c1-3-8-14-10(2)9-13(15)11-6-4-5-7-12(11)14/h3-7,9H,1,8H2,2H3. The molecule has 0 spiro atoms. The van der Waals surface area contributed by atoms with Crippen molar-refractivity contribution in [3.05, 3.63) is 58.9 Å². The molecule has 0 saturated carbocycles. The predicted molar refractivity (Wildman–Crippen MR) is 63.1 cm³/mol. The van der Waals surface area contributed by atoms with Crippen molar-refractivity contribution in [3.63, 3.8) is 0 Å². The molecule has 0 saturated heterocycles. The van der Waals surface area contributed by atoms with Crippen LogP contribution in [0.15, 0.2) is 47.8 Å². The summed E-state index contributed by atoms with van der Waals surface area (Å²) in [6.45, 7) is 6.40. The van der Waals surface area contributed by atoms with E-state index in [0.717, 1.165) is 23.1 Å². The van der Waals surface area contributed by atoms with Crippen LogP contribution >= 0.6 is 0 Å². The number of rotatable bonds is 2. The fourth-order valence-corrected chi connectivity index (χ4v) is 1.82. The maximum atomic E-state index is 11.7. The van der Waals surface area contributed by atoms with E-state index in [1.54, 1.807) is 6.07 Å². The van der Waals surface area contributed by atoms with Crippen LogP contribution in [0.3, 0.4) is 0 Å². The highest BCUT2D eigenvalue weighted by molar-refractivity contribution is 5.79. The first-order valence-electron chi connectivity index (χ1n) is 4.94. The smallest absolute Gasteiger partial charge is 0.189 e. The maximum Gasteiger partial charge on any atom is 0.189 e. The van der Waals surface area contributed by atoms with Crippen molar-refractivity contribution in [3.8, 4) is 0 Å². The lowest BCUT2D eigenvalue weighted by Crippen LogP contribution is -2.11. The SMILES string of the molecule is C=CCn1c(C)cc(=O)c2ccccc21. The number of hydrogen-bond acceptors (Lipinski definition) is 1. The summed E-state index contributed by atoms with van der Waals surface area (Å²) in [5, 5.41) is 0.768. The van der Waals surface area contributed by atoms with E-state index in [4.69, 9.17) is 0 Å². The van der Waals surface area contributed by atoms with Gasteiger partial charge in [0.2, 0.25) is 0 Å². The molecular weight excluding hydrogens is 186 g/mol. The zero-order valence-electron chi connectivity index (χ0n) is 8.73. The summed E-state index contributed by atoms with van der Waals surface area (Å²) in [4.78, 5) is 11.7. The van der Waals surface area contributed by atoms with Gasteiger partial charge in [0.1, 0.15) is 0 Å². The molecule has 2 nitrogen and oxygen atoms in total. The fourth-order valence-electron chi connectivity index (χ4n) is 1.82. The first kappa shape index (κ1) is 9.71. The van der Waals surface area contributed by atoms with E-state index in [0.29, 0.717) is 0 Å². The molecule has 1 heterocycles. The number of benzene rings is 1. The number of aryl methyl sites for hydroxylation is 1. The summed E-state index contributed by atoms with van der Waals surface area (Å²) < 4.78 is 2.09. The van der Waals surface area contributed by atoms with E-state index < -0.39 is 0 Å². The van der Waals surface area contributed by atoms with Gasteiger partial charge < -0.3 is 4.57 Å². The van der Waals surface area contributed by atoms with Gasteiger partial charge in [-0.25, -0.2) is 0 Å². The van der Waals surface area contributed by atoms with Gasteiger partial charge in [0, 0.05) is 23.7 Å². The average molecular weight is 199 g/mol. The van der Waals surface area contributed by atoms with E-state index in [1.165, 1.54) is 0 Å². The van der Waals surface area contributed by atoms with Gasteiger partial charge in [0.05, 0.1) is 5.52 Å². The lowest BCUT2D eigenvalue weighted by Gasteiger charge is -2.11. The molecule has 0 aliphatic heterocycles. The number of para-hydroxylation sites is 1. The summed E-state index contributed by atoms with van der Waals surface area (Å²) in [6.07, 6.45) is 1.84. The van der Waals surface area contributed by atoms with Crippen LogP contribution in [0.4, 0.5) is 0 Å². The van der Waals surface area contributed by atoms with Gasteiger partial charge >= 0.3 is 0 Å². The number of allylic oxidation sites excluding steroid dienone is 1. The Labute approximate surface area is 88.5 Å². The summed E-state index contributed by atoms with van der Waals surface area (Å²) in [7, 11) is 0. The minimum Gasteiger partial charge on any atom is -0.341 e. The molecule has 2 heteroatoms. The number of pyridine rings is 1. The summed E-state index contributed by atoms with van der Waals surface area (Å²) >= 11 is 0. The molecule has 0 fully saturated rings. The van der Waals surface area contributed by atoms with Crippen LogP contribution in [0.5, 0.6) is 0 Å². The second-order valence-electron chi connectivity index (χ2n) is 3.57. The van der Waals surface area contributed by atoms with Crippen molar-refractivity contribution in [1.29, 1.82) is 0 Å². The second kappa shape index (κ2) is 3.73. The van der Waals surface area contributed by atoms with Crippen molar-refractivity contribution in [2.75, 3.05) is 0 Å². The molecule has 0 aliphatic rings. The van der Waals surface area contributed by atoms with Gasteiger partial charge in [-0.2, -0.15) is 0 Å². The third-order valence-corrected chi connectivity index (χ3v) is 2.54. The van der Waals surface area contributed by atoms with Crippen molar-refractivity contribution >= 4 is 10.9 Å². The largest absolute Gasteiger partial charge is 0.341 e. The Kier molecular flexibility index (Phi) is 2.42. The Morgan fingerprint density at radius 3 is 2.87 bits per heavy atom. The highest BCUT2D eigenvalue weighted by Crippen LogP contribution is 2.12. The third-order valence-electron chi connectivity index (χ3n) is 2.54. The van der Waals surface area contributed by atoms with Crippen molar-refractivity contribution in [2.45, 2.75) is 13.5 Å². The molecule has 0 N–H and O–H groups in total. The van der Waals surface area contributed by atoms with Crippen molar-refractivity contribution < 1.29 is 0 Å². The number of nitrogens with zero attached hydrogens (tertiary/aromatic N) is 1. The lowest BCUT2D eigenvalue weighted by molar-refractivity contribution is 0.815. The first-order chi connectivity index (χ1) is 7.24. The molecular formula is C13H13NO. The molecule has 0 atom stereocenters. The zero-order valence-corrected chi connectivity index (χ0v) is 8.73. The topological polar surface area (TPSA) is 22.0 Å². The van der Waals surface area contributed by atoms with Gasteiger partial charge in [-0.05, 0) is 19.1 Å². The monoisotopic (exact) mass is 199 g/mol. The average Bonchev–Trinajstić information content (AvgIpc) is 2.24. The fraction of sp³-hybridized carbons (Fsp3) is 0.154. The molecule has 0 amide bonds. The molecule has 2 aromatic rings. The van der Waals surface area contributed by atoms with Gasteiger partial charge in [-0.1, -0.05) is 18.2 Å². The van der Waals surface area contributed by atoms with Crippen LogP contribution in [-0.4, -0.2) is 4.57 Å². The third kappa shape index (κ3) is 1.59. The van der Waals surface area contributed by atoms with Crippen LogP contribution in [0.1, 0.15) is 5.69 Å². The normalized spacial score (nSPS) is 10.5. The maximum absolute atomic E-state index is 11.7. The van der Waals surface area contributed by atoms with Gasteiger partial charge in [0.25, 0.3) is 0 Å². The van der Waals surface area contributed by atoms with Crippen LogP contribution < -0.4 is 5.43 Å². The van der Waals surface area contributed by atoms with Crippen LogP contribution in [0.25, 0.3) is 10.9 Å². The minimum absolute atomic E-state index is 0.0865. The van der Waals surface area contributed by atoms with E-state index in [9.17, 15) is 4.79 Å². The van der Waals surface area contributed by atoms with Gasteiger partial charge in [0.15, 0.2) is 5.43 Å². The Balaban J connectivity index is 2.89. The van der Waals surface area contributed by atoms with E-state index >= 15 is 0 Å². The molecule has 0 aliphatic carbocycles. The van der Waals surface area contributed by atoms with E-state index in [1.807, 2.05) is 37.3 Å². The number of hydrogen-bond donors (Lipinski definition) is 0. The molecule has 2 rings (SSSR count). The van der Waals surface area contributed by atoms with Crippen molar-refractivity contribution in [2.24, 2.45) is 0 Å². The molecule has 0 unspecified atom stereocenters. The van der Waals surface area contributed by atoms with Crippen LogP contribution in [-0.2, 0) is 6.54 Å². The zero-order chi connectivity index (χ0) is 10.8. The Bertz CT molecular complexity index is 566. The van der Waals surface area contributed by atoms with E-state index in [2.05, 4.69) is 11.1 Å². The highest BCUT2D eigenvalue weighted by Gasteiger charge is 2.03. The second-order valence-corrected chi connectivity index (χ2v) is 3.57.